The minimum Gasteiger partial charge on any atom is -0.326 e. The van der Waals surface area contributed by atoms with Crippen LogP contribution in [0.5, 0.6) is 0 Å². The topological polar surface area (TPSA) is 26.0 Å². The minimum absolute atomic E-state index is 0.0603. The van der Waals surface area contributed by atoms with Gasteiger partial charge in [-0.1, -0.05) is 36.8 Å². The Kier molecular flexibility index (Phi) is 5.37. The number of thioether (sulfide) groups is 1. The number of nitrogens with two attached hydrogens (primary N) is 1. The third kappa shape index (κ3) is 4.05. The molecule has 0 saturated heterocycles. The Morgan fingerprint density at radius 2 is 1.90 bits per heavy atom. The van der Waals surface area contributed by atoms with Crippen LogP contribution in [-0.4, -0.2) is 6.04 Å². The highest BCUT2D eigenvalue weighted by Gasteiger charge is 2.21. The Bertz CT molecular complexity index is 615. The second-order valence-corrected chi connectivity index (χ2v) is 6.28. The van der Waals surface area contributed by atoms with Crippen LogP contribution in [0.25, 0.3) is 0 Å². The summed E-state index contributed by atoms with van der Waals surface area (Å²) in [6, 6.07) is 11.6. The van der Waals surface area contributed by atoms with E-state index in [2.05, 4.69) is 6.07 Å². The summed E-state index contributed by atoms with van der Waals surface area (Å²) in [6.45, 7) is 4.02. The number of rotatable bonds is 5. The number of benzene rings is 2. The maximum Gasteiger partial charge on any atom is 0.139 e. The molecule has 2 aromatic carbocycles. The zero-order valence-electron chi connectivity index (χ0n) is 12.1. The molecule has 1 nitrogen and oxygen atoms in total. The van der Waals surface area contributed by atoms with Crippen molar-refractivity contribution in [2.75, 3.05) is 0 Å². The Morgan fingerprint density at radius 3 is 2.52 bits per heavy atom. The van der Waals surface area contributed by atoms with Gasteiger partial charge in [0.05, 0.1) is 0 Å². The lowest BCUT2D eigenvalue weighted by molar-refractivity contribution is 0.564. The first-order valence-corrected chi connectivity index (χ1v) is 7.83. The summed E-state index contributed by atoms with van der Waals surface area (Å²) in [5.41, 5.74) is 8.42. The molecule has 0 spiro atoms. The van der Waals surface area contributed by atoms with E-state index in [1.165, 1.54) is 23.9 Å². The second-order valence-electron chi connectivity index (χ2n) is 5.10. The van der Waals surface area contributed by atoms with E-state index in [0.29, 0.717) is 4.90 Å². The quantitative estimate of drug-likeness (QED) is 0.800. The van der Waals surface area contributed by atoms with Crippen LogP contribution in [0.4, 0.5) is 8.78 Å². The van der Waals surface area contributed by atoms with Crippen LogP contribution in [0.15, 0.2) is 47.4 Å². The zero-order chi connectivity index (χ0) is 15.4. The predicted molar refractivity (Wildman–Crippen MR) is 84.4 cm³/mol. The van der Waals surface area contributed by atoms with E-state index in [4.69, 9.17) is 5.73 Å². The van der Waals surface area contributed by atoms with Crippen LogP contribution in [0.2, 0.25) is 0 Å². The normalized spacial score (nSPS) is 14.0. The van der Waals surface area contributed by atoms with Gasteiger partial charge in [-0.15, -0.1) is 11.8 Å². The zero-order valence-corrected chi connectivity index (χ0v) is 13.0. The first-order chi connectivity index (χ1) is 10.0. The van der Waals surface area contributed by atoms with Gasteiger partial charge in [-0.3, -0.25) is 0 Å². The monoisotopic (exact) mass is 307 g/mol. The van der Waals surface area contributed by atoms with Gasteiger partial charge >= 0.3 is 0 Å². The molecule has 0 aliphatic rings. The third-order valence-electron chi connectivity index (χ3n) is 3.38. The highest BCUT2D eigenvalue weighted by atomic mass is 32.2. The molecule has 0 bridgehead atoms. The van der Waals surface area contributed by atoms with E-state index < -0.39 is 11.6 Å². The van der Waals surface area contributed by atoms with Crippen LogP contribution in [0, 0.1) is 18.6 Å². The fraction of sp³-hybridized carbons (Fsp3) is 0.294. The maximum atomic E-state index is 13.9. The largest absolute Gasteiger partial charge is 0.326 e. The highest BCUT2D eigenvalue weighted by Crippen LogP contribution is 2.39. The Hall–Kier alpha value is -1.39. The third-order valence-corrected chi connectivity index (χ3v) is 4.84. The molecule has 2 rings (SSSR count). The SMILES string of the molecule is CCC(N)C(Sc1ccc(F)cc1F)c1cccc(C)c1. The summed E-state index contributed by atoms with van der Waals surface area (Å²) in [4.78, 5) is 0.423. The van der Waals surface area contributed by atoms with Crippen LogP contribution >= 0.6 is 11.8 Å². The van der Waals surface area contributed by atoms with Crippen molar-refractivity contribution in [2.24, 2.45) is 5.73 Å². The van der Waals surface area contributed by atoms with Crippen LogP contribution < -0.4 is 5.73 Å². The van der Waals surface area contributed by atoms with Crippen molar-refractivity contribution in [3.05, 3.63) is 65.2 Å². The fourth-order valence-electron chi connectivity index (χ4n) is 2.17. The first kappa shape index (κ1) is 16.0. The molecule has 4 heteroatoms. The van der Waals surface area contributed by atoms with E-state index in [-0.39, 0.29) is 11.3 Å². The maximum absolute atomic E-state index is 13.9. The summed E-state index contributed by atoms with van der Waals surface area (Å²) < 4.78 is 26.9. The molecule has 0 aliphatic heterocycles. The summed E-state index contributed by atoms with van der Waals surface area (Å²) in [6.07, 6.45) is 0.786. The van der Waals surface area contributed by atoms with Gasteiger partial charge in [0.2, 0.25) is 0 Å². The van der Waals surface area contributed by atoms with Crippen molar-refractivity contribution in [3.8, 4) is 0 Å². The standard InChI is InChI=1S/C17H19F2NS/c1-3-15(20)17(12-6-4-5-11(2)9-12)21-16-8-7-13(18)10-14(16)19/h4-10,15,17H,3,20H2,1-2H3. The van der Waals surface area contributed by atoms with Gasteiger partial charge < -0.3 is 5.73 Å². The van der Waals surface area contributed by atoms with E-state index >= 15 is 0 Å². The van der Waals surface area contributed by atoms with Crippen molar-refractivity contribution in [2.45, 2.75) is 36.5 Å². The molecule has 2 unspecified atom stereocenters. The number of aryl methyl sites for hydroxylation is 1. The van der Waals surface area contributed by atoms with E-state index in [9.17, 15) is 8.78 Å². The summed E-state index contributed by atoms with van der Waals surface area (Å²) >= 11 is 1.35. The number of hydrogen-bond acceptors (Lipinski definition) is 2. The molecule has 0 radical (unpaired) electrons. The van der Waals surface area contributed by atoms with Crippen LogP contribution in [0.3, 0.4) is 0 Å². The molecule has 0 saturated carbocycles. The van der Waals surface area contributed by atoms with Crippen LogP contribution in [0.1, 0.15) is 29.7 Å². The highest BCUT2D eigenvalue weighted by molar-refractivity contribution is 7.99. The molecule has 0 aliphatic carbocycles. The Balaban J connectivity index is 2.33. The van der Waals surface area contributed by atoms with Gasteiger partial charge in [-0.05, 0) is 31.0 Å². The summed E-state index contributed by atoms with van der Waals surface area (Å²) in [7, 11) is 0. The molecule has 0 fully saturated rings. The lowest BCUT2D eigenvalue weighted by Gasteiger charge is -2.23. The lowest BCUT2D eigenvalue weighted by Crippen LogP contribution is -2.25. The number of halogens is 2. The van der Waals surface area contributed by atoms with E-state index in [0.717, 1.165) is 23.6 Å². The van der Waals surface area contributed by atoms with Gasteiger partial charge in [-0.2, -0.15) is 0 Å². The van der Waals surface area contributed by atoms with Crippen LogP contribution in [-0.2, 0) is 0 Å². The Morgan fingerprint density at radius 1 is 1.14 bits per heavy atom. The van der Waals surface area contributed by atoms with Gasteiger partial charge in [0.15, 0.2) is 0 Å². The average molecular weight is 307 g/mol. The molecule has 0 amide bonds. The molecule has 0 heterocycles. The fourth-order valence-corrected chi connectivity index (χ4v) is 3.41. The molecule has 21 heavy (non-hydrogen) atoms. The van der Waals surface area contributed by atoms with Gasteiger partial charge in [0.1, 0.15) is 11.6 Å². The van der Waals surface area contributed by atoms with Gasteiger partial charge in [0.25, 0.3) is 0 Å². The minimum atomic E-state index is -0.566. The van der Waals surface area contributed by atoms with Crippen molar-refractivity contribution >= 4 is 11.8 Å². The van der Waals surface area contributed by atoms with Crippen molar-refractivity contribution in [1.29, 1.82) is 0 Å². The molecular formula is C17H19F2NS. The summed E-state index contributed by atoms with van der Waals surface area (Å²) in [5, 5.41) is -0.0603. The molecular weight excluding hydrogens is 288 g/mol. The van der Waals surface area contributed by atoms with Crippen molar-refractivity contribution in [1.82, 2.24) is 0 Å². The van der Waals surface area contributed by atoms with E-state index in [1.54, 1.807) is 0 Å². The van der Waals surface area contributed by atoms with Crippen molar-refractivity contribution < 1.29 is 8.78 Å². The smallest absolute Gasteiger partial charge is 0.139 e. The second kappa shape index (κ2) is 7.05. The van der Waals surface area contributed by atoms with E-state index in [1.807, 2.05) is 32.0 Å². The summed E-state index contributed by atoms with van der Waals surface area (Å²) in [5.74, 6) is -1.11. The lowest BCUT2D eigenvalue weighted by atomic mass is 10.0. The first-order valence-electron chi connectivity index (χ1n) is 6.95. The molecule has 2 N–H and O–H groups in total. The van der Waals surface area contributed by atoms with Gasteiger partial charge in [0, 0.05) is 22.3 Å². The molecule has 112 valence electrons. The predicted octanol–water partition coefficient (Wildman–Crippen LogP) is 4.84. The Labute approximate surface area is 128 Å². The average Bonchev–Trinajstić information content (AvgIpc) is 2.45. The molecule has 0 aromatic heterocycles. The van der Waals surface area contributed by atoms with Crippen molar-refractivity contribution in [3.63, 3.8) is 0 Å². The molecule has 2 atom stereocenters. The molecule has 2 aromatic rings. The number of hydrogen-bond donors (Lipinski definition) is 1. The van der Waals surface area contributed by atoms with Gasteiger partial charge in [-0.25, -0.2) is 8.78 Å².